The molecule has 0 bridgehead atoms. The van der Waals surface area contributed by atoms with E-state index < -0.39 is 18.1 Å². The smallest absolute Gasteiger partial charge is 0.264 e. The highest BCUT2D eigenvalue weighted by Crippen LogP contribution is 2.34. The molecular formula is C20H15Br2F3N6O. The maximum atomic E-state index is 13.9. The number of anilines is 1. The molecule has 0 radical (unpaired) electrons. The lowest BCUT2D eigenvalue weighted by Crippen LogP contribution is -2.20. The summed E-state index contributed by atoms with van der Waals surface area (Å²) < 4.78 is 44.7. The minimum absolute atomic E-state index is 0.159. The standard InChI is InChI=1S/C20H15Br2F3N6O/c1-9-17-12(19(24)25)5-15(10-6-26-30(2)7-10)27-20(17)31(29-9)8-16(32)28-18-13(21)3-11(23)4-14(18)22/h3-7,19H,8H2,1-2H3,(H,28,32). The van der Waals surface area contributed by atoms with E-state index in [0.29, 0.717) is 31.6 Å². The van der Waals surface area contributed by atoms with E-state index in [1.54, 1.807) is 20.2 Å². The molecule has 0 aliphatic heterocycles. The van der Waals surface area contributed by atoms with Crippen molar-refractivity contribution in [2.45, 2.75) is 19.9 Å². The van der Waals surface area contributed by atoms with Gasteiger partial charge in [-0.15, -0.1) is 0 Å². The normalized spacial score (nSPS) is 11.5. The number of nitrogens with one attached hydrogen (secondary N) is 1. The Morgan fingerprint density at radius 1 is 1.22 bits per heavy atom. The van der Waals surface area contributed by atoms with Gasteiger partial charge in [-0.05, 0) is 57.0 Å². The number of carbonyl (C=O) groups is 1. The van der Waals surface area contributed by atoms with Gasteiger partial charge in [-0.2, -0.15) is 10.2 Å². The first-order valence-electron chi connectivity index (χ1n) is 9.23. The van der Waals surface area contributed by atoms with Gasteiger partial charge >= 0.3 is 0 Å². The summed E-state index contributed by atoms with van der Waals surface area (Å²) in [6.07, 6.45) is 0.424. The lowest BCUT2D eigenvalue weighted by molar-refractivity contribution is -0.116. The van der Waals surface area contributed by atoms with Gasteiger partial charge in [-0.1, -0.05) is 0 Å². The van der Waals surface area contributed by atoms with Gasteiger partial charge < -0.3 is 5.32 Å². The molecule has 1 aromatic carbocycles. The molecule has 32 heavy (non-hydrogen) atoms. The minimum atomic E-state index is -2.76. The molecule has 0 aliphatic carbocycles. The van der Waals surface area contributed by atoms with Gasteiger partial charge in [-0.3, -0.25) is 9.48 Å². The Morgan fingerprint density at radius 2 is 1.91 bits per heavy atom. The van der Waals surface area contributed by atoms with Crippen LogP contribution in [0.3, 0.4) is 0 Å². The van der Waals surface area contributed by atoms with E-state index in [0.717, 1.165) is 0 Å². The first-order chi connectivity index (χ1) is 15.1. The number of aryl methyl sites for hydroxylation is 2. The largest absolute Gasteiger partial charge is 0.323 e. The maximum absolute atomic E-state index is 13.9. The van der Waals surface area contributed by atoms with Gasteiger partial charge in [0.05, 0.1) is 28.7 Å². The number of fused-ring (bicyclic) bond motifs is 1. The van der Waals surface area contributed by atoms with Crippen LogP contribution >= 0.6 is 31.9 Å². The summed E-state index contributed by atoms with van der Waals surface area (Å²) in [5.74, 6) is -0.975. The Bertz CT molecular complexity index is 1330. The number of benzene rings is 1. The number of nitrogens with zero attached hydrogens (tertiary/aromatic N) is 5. The van der Waals surface area contributed by atoms with Crippen LogP contribution in [0.2, 0.25) is 0 Å². The third kappa shape index (κ3) is 4.29. The number of amides is 1. The molecule has 4 rings (SSSR count). The molecule has 0 aliphatic rings. The molecule has 166 valence electrons. The van der Waals surface area contributed by atoms with Crippen LogP contribution in [0.25, 0.3) is 22.3 Å². The van der Waals surface area contributed by atoms with Crippen LogP contribution in [0.5, 0.6) is 0 Å². The van der Waals surface area contributed by atoms with Gasteiger partial charge in [0.2, 0.25) is 5.91 Å². The number of rotatable bonds is 5. The third-order valence-corrected chi connectivity index (χ3v) is 5.96. The molecule has 0 fully saturated rings. The molecule has 7 nitrogen and oxygen atoms in total. The van der Waals surface area contributed by atoms with Crippen LogP contribution in [-0.4, -0.2) is 30.5 Å². The fourth-order valence-electron chi connectivity index (χ4n) is 3.35. The third-order valence-electron chi connectivity index (χ3n) is 4.71. The van der Waals surface area contributed by atoms with E-state index in [1.165, 1.54) is 33.8 Å². The molecule has 4 aromatic rings. The van der Waals surface area contributed by atoms with E-state index in [9.17, 15) is 18.0 Å². The highest BCUT2D eigenvalue weighted by Gasteiger charge is 2.22. The Balaban J connectivity index is 1.74. The number of hydrogen-bond donors (Lipinski definition) is 1. The minimum Gasteiger partial charge on any atom is -0.323 e. The first-order valence-corrected chi connectivity index (χ1v) is 10.8. The van der Waals surface area contributed by atoms with Crippen LogP contribution < -0.4 is 5.32 Å². The van der Waals surface area contributed by atoms with E-state index >= 15 is 0 Å². The van der Waals surface area contributed by atoms with Gasteiger partial charge in [0, 0.05) is 33.3 Å². The summed E-state index contributed by atoms with van der Waals surface area (Å²) in [7, 11) is 1.71. The molecule has 12 heteroatoms. The topological polar surface area (TPSA) is 77.6 Å². The van der Waals surface area contributed by atoms with Crippen molar-refractivity contribution in [3.05, 3.63) is 56.6 Å². The zero-order chi connectivity index (χ0) is 23.2. The lowest BCUT2D eigenvalue weighted by Gasteiger charge is -2.11. The quantitative estimate of drug-likeness (QED) is 0.349. The van der Waals surface area contributed by atoms with Crippen molar-refractivity contribution in [3.63, 3.8) is 0 Å². The number of aromatic nitrogens is 5. The van der Waals surface area contributed by atoms with Crippen molar-refractivity contribution in [1.82, 2.24) is 24.5 Å². The van der Waals surface area contributed by atoms with Crippen LogP contribution in [0.1, 0.15) is 17.7 Å². The van der Waals surface area contributed by atoms with Gasteiger partial charge in [0.1, 0.15) is 12.4 Å². The Kier molecular flexibility index (Phi) is 6.08. The average molecular weight is 572 g/mol. The summed E-state index contributed by atoms with van der Waals surface area (Å²) in [5.41, 5.74) is 1.46. The molecule has 0 atom stereocenters. The molecule has 3 heterocycles. The lowest BCUT2D eigenvalue weighted by atomic mass is 10.1. The van der Waals surface area contributed by atoms with E-state index in [-0.39, 0.29) is 23.1 Å². The highest BCUT2D eigenvalue weighted by atomic mass is 79.9. The molecule has 0 spiro atoms. The summed E-state index contributed by atoms with van der Waals surface area (Å²) in [6, 6.07) is 3.74. The van der Waals surface area contributed by atoms with Crippen LogP contribution in [0.4, 0.5) is 18.9 Å². The average Bonchev–Trinajstić information content (AvgIpc) is 3.27. The molecule has 1 amide bonds. The zero-order valence-electron chi connectivity index (χ0n) is 16.7. The summed E-state index contributed by atoms with van der Waals surface area (Å²) in [5, 5.41) is 11.2. The van der Waals surface area contributed by atoms with Crippen molar-refractivity contribution in [3.8, 4) is 11.3 Å². The number of halogens is 5. The Labute approximate surface area is 196 Å². The van der Waals surface area contributed by atoms with E-state index in [2.05, 4.69) is 52.4 Å². The fourth-order valence-corrected chi connectivity index (χ4v) is 4.68. The summed E-state index contributed by atoms with van der Waals surface area (Å²) in [6.45, 7) is 1.30. The van der Waals surface area contributed by atoms with E-state index in [4.69, 9.17) is 0 Å². The predicted molar refractivity (Wildman–Crippen MR) is 120 cm³/mol. The first kappa shape index (κ1) is 22.5. The second-order valence-corrected chi connectivity index (χ2v) is 8.74. The second-order valence-electron chi connectivity index (χ2n) is 7.03. The van der Waals surface area contributed by atoms with Gasteiger partial charge in [-0.25, -0.2) is 22.8 Å². The van der Waals surface area contributed by atoms with Crippen molar-refractivity contribution in [2.24, 2.45) is 7.05 Å². The Morgan fingerprint density at radius 3 is 2.50 bits per heavy atom. The van der Waals surface area contributed by atoms with E-state index in [1.807, 2.05) is 0 Å². The van der Waals surface area contributed by atoms with Gasteiger partial charge in [0.25, 0.3) is 6.43 Å². The predicted octanol–water partition coefficient (Wildman–Crippen LogP) is 5.38. The molecular weight excluding hydrogens is 557 g/mol. The van der Waals surface area contributed by atoms with Crippen LogP contribution in [0.15, 0.2) is 39.5 Å². The number of hydrogen-bond acceptors (Lipinski definition) is 4. The molecule has 0 saturated carbocycles. The summed E-state index contributed by atoms with van der Waals surface area (Å²) in [4.78, 5) is 17.2. The number of pyridine rings is 1. The van der Waals surface area contributed by atoms with Crippen LogP contribution in [0, 0.1) is 12.7 Å². The van der Waals surface area contributed by atoms with Crippen molar-refractivity contribution < 1.29 is 18.0 Å². The van der Waals surface area contributed by atoms with Crippen molar-refractivity contribution >= 4 is 54.5 Å². The Hall–Kier alpha value is -2.73. The number of alkyl halides is 2. The van der Waals surface area contributed by atoms with Crippen molar-refractivity contribution in [2.75, 3.05) is 5.32 Å². The molecule has 1 N–H and O–H groups in total. The molecule has 0 saturated heterocycles. The maximum Gasteiger partial charge on any atom is 0.264 e. The highest BCUT2D eigenvalue weighted by molar-refractivity contribution is 9.11. The zero-order valence-corrected chi connectivity index (χ0v) is 19.9. The monoisotopic (exact) mass is 570 g/mol. The fraction of sp³-hybridized carbons (Fsp3) is 0.200. The van der Waals surface area contributed by atoms with Crippen molar-refractivity contribution in [1.29, 1.82) is 0 Å². The second kappa shape index (κ2) is 8.66. The molecule has 3 aromatic heterocycles. The SMILES string of the molecule is Cc1nn(CC(=O)Nc2c(Br)cc(F)cc2Br)c2nc(-c3cnn(C)c3)cc(C(F)F)c12. The number of carbonyl (C=O) groups excluding carboxylic acids is 1. The molecule has 0 unspecified atom stereocenters. The van der Waals surface area contributed by atoms with Gasteiger partial charge in [0.15, 0.2) is 5.65 Å². The van der Waals surface area contributed by atoms with Crippen LogP contribution in [-0.2, 0) is 18.4 Å². The summed E-state index contributed by atoms with van der Waals surface area (Å²) >= 11 is 6.42.